The van der Waals surface area contributed by atoms with Crippen molar-refractivity contribution < 1.29 is 9.80 Å². The maximum Gasteiger partial charge on any atom is 0.272 e. The van der Waals surface area contributed by atoms with Crippen molar-refractivity contribution in [1.82, 2.24) is 9.97 Å². The molecule has 3 rings (SSSR count). The van der Waals surface area contributed by atoms with E-state index < -0.39 is 11.4 Å². The summed E-state index contributed by atoms with van der Waals surface area (Å²) in [6.45, 7) is 1.75. The Morgan fingerprint density at radius 3 is 2.68 bits per heavy atom. The lowest BCUT2D eigenvalue weighted by molar-refractivity contribution is -0.104. The Morgan fingerprint density at radius 1 is 1.36 bits per heavy atom. The molecule has 2 heterocycles. The van der Waals surface area contributed by atoms with Gasteiger partial charge >= 0.3 is 0 Å². The molecular weight excluding hydrogens is 413 g/mol. The van der Waals surface area contributed by atoms with E-state index in [0.717, 1.165) is 6.21 Å². The van der Waals surface area contributed by atoms with Crippen LogP contribution in [0.2, 0.25) is 5.02 Å². The van der Waals surface area contributed by atoms with Gasteiger partial charge in [-0.2, -0.15) is 0 Å². The normalized spacial score (nSPS) is 11.0. The number of aromatic amines is 1. The van der Waals surface area contributed by atoms with Gasteiger partial charge in [-0.3, -0.25) is 10.2 Å². The van der Waals surface area contributed by atoms with Crippen LogP contribution in [0.5, 0.6) is 0 Å². The SMILES string of the molecule is Cc1c(Br)nc2c(-c3ccc(F)c(N)c3C=[NH2+])c(N)c(=O)[nH]c2c1Cl. The number of nitrogens with zero attached hydrogens (tertiary/aromatic N) is 1. The summed E-state index contributed by atoms with van der Waals surface area (Å²) < 4.78 is 14.3. The lowest BCUT2D eigenvalue weighted by Crippen LogP contribution is -2.31. The van der Waals surface area contributed by atoms with Crippen LogP contribution in [0.25, 0.3) is 22.2 Å². The summed E-state index contributed by atoms with van der Waals surface area (Å²) in [7, 11) is 0. The van der Waals surface area contributed by atoms with Crippen LogP contribution in [0.1, 0.15) is 11.1 Å². The quantitative estimate of drug-likeness (QED) is 0.284. The largest absolute Gasteiger partial charge is 0.396 e. The molecule has 0 aliphatic rings. The highest BCUT2D eigenvalue weighted by atomic mass is 79.9. The molecule has 9 heteroatoms. The monoisotopic (exact) mass is 424 g/mol. The highest BCUT2D eigenvalue weighted by Gasteiger charge is 2.22. The second-order valence-electron chi connectivity index (χ2n) is 5.40. The molecule has 0 saturated carbocycles. The molecular formula is C16H13BrClFN5O+. The van der Waals surface area contributed by atoms with Crippen LogP contribution >= 0.6 is 27.5 Å². The standard InChI is InChI=1S/C16H12BrClFN5O/c1-5-10(18)14-13(23-15(5)17)9(12(22)16(25)24-14)6-2-3-8(19)11(21)7(6)4-20/h2-4,20H,21-22H2,1H3,(H,24,25)/p+1. The third kappa shape index (κ3) is 2.58. The van der Waals surface area contributed by atoms with E-state index in [0.29, 0.717) is 31.8 Å². The maximum atomic E-state index is 13.8. The smallest absolute Gasteiger partial charge is 0.272 e. The molecule has 0 aliphatic carbocycles. The summed E-state index contributed by atoms with van der Waals surface area (Å²) >= 11 is 9.68. The molecule has 0 fully saturated rings. The third-order valence-corrected chi connectivity index (χ3v) is 5.21. The first-order chi connectivity index (χ1) is 11.8. The van der Waals surface area contributed by atoms with Crippen LogP contribution in [0.3, 0.4) is 0 Å². The van der Waals surface area contributed by atoms with Crippen molar-refractivity contribution in [3.63, 3.8) is 0 Å². The van der Waals surface area contributed by atoms with Gasteiger partial charge < -0.3 is 16.5 Å². The summed E-state index contributed by atoms with van der Waals surface area (Å²) in [4.78, 5) is 19.4. The number of fused-ring (bicyclic) bond motifs is 1. The average Bonchev–Trinajstić information content (AvgIpc) is 2.58. The van der Waals surface area contributed by atoms with Gasteiger partial charge in [-0.1, -0.05) is 17.7 Å². The van der Waals surface area contributed by atoms with E-state index >= 15 is 0 Å². The first kappa shape index (κ1) is 17.4. The number of nitrogens with one attached hydrogen (secondary N) is 1. The number of hydrogen-bond acceptors (Lipinski definition) is 4. The lowest BCUT2D eigenvalue weighted by Gasteiger charge is -2.14. The summed E-state index contributed by atoms with van der Waals surface area (Å²) in [5.41, 5.74) is 13.2. The summed E-state index contributed by atoms with van der Waals surface area (Å²) in [6.07, 6.45) is 1.16. The zero-order valence-electron chi connectivity index (χ0n) is 13.0. The second kappa shape index (κ2) is 6.12. The molecule has 6 nitrogen and oxygen atoms in total. The fraction of sp³-hybridized carbons (Fsp3) is 0.0625. The second-order valence-corrected chi connectivity index (χ2v) is 6.53. The van der Waals surface area contributed by atoms with Crippen molar-refractivity contribution in [3.8, 4) is 11.1 Å². The van der Waals surface area contributed by atoms with E-state index in [-0.39, 0.29) is 22.5 Å². The molecule has 0 atom stereocenters. The van der Waals surface area contributed by atoms with Crippen LogP contribution in [0.15, 0.2) is 21.5 Å². The number of nitrogen functional groups attached to an aromatic ring is 2. The summed E-state index contributed by atoms with van der Waals surface area (Å²) in [5, 5.41) is 5.94. The van der Waals surface area contributed by atoms with Crippen molar-refractivity contribution in [3.05, 3.63) is 49.1 Å². The first-order valence-corrected chi connectivity index (χ1v) is 8.25. The highest BCUT2D eigenvalue weighted by molar-refractivity contribution is 9.10. The molecule has 0 amide bonds. The molecule has 0 unspecified atom stereocenters. The number of benzene rings is 1. The van der Waals surface area contributed by atoms with E-state index in [9.17, 15) is 9.18 Å². The predicted octanol–water partition coefficient (Wildman–Crippen LogP) is 1.80. The van der Waals surface area contributed by atoms with Gasteiger partial charge in [0.05, 0.1) is 27.3 Å². The molecule has 2 aromatic heterocycles. The van der Waals surface area contributed by atoms with Gasteiger partial charge in [0.15, 0.2) is 6.21 Å². The van der Waals surface area contributed by atoms with Crippen LogP contribution in [-0.2, 0) is 0 Å². The van der Waals surface area contributed by atoms with Crippen molar-refractivity contribution in [2.45, 2.75) is 6.92 Å². The fourth-order valence-corrected chi connectivity index (χ4v) is 3.33. The minimum absolute atomic E-state index is 0.0964. The summed E-state index contributed by atoms with van der Waals surface area (Å²) in [6, 6.07) is 2.62. The van der Waals surface area contributed by atoms with Crippen LogP contribution in [0.4, 0.5) is 15.8 Å². The van der Waals surface area contributed by atoms with Gasteiger partial charge in [0.1, 0.15) is 16.1 Å². The number of anilines is 2. The molecule has 3 aromatic rings. The van der Waals surface area contributed by atoms with Crippen molar-refractivity contribution in [2.24, 2.45) is 0 Å². The van der Waals surface area contributed by atoms with Gasteiger partial charge in [0.2, 0.25) is 0 Å². The lowest BCUT2D eigenvalue weighted by atomic mass is 9.96. The highest BCUT2D eigenvalue weighted by Crippen LogP contribution is 2.38. The number of hydrogen-bond donors (Lipinski definition) is 4. The van der Waals surface area contributed by atoms with Crippen LogP contribution in [0, 0.1) is 12.7 Å². The molecule has 0 saturated heterocycles. The Balaban J connectivity index is 2.58. The number of H-pyrrole nitrogens is 1. The zero-order valence-corrected chi connectivity index (χ0v) is 15.3. The number of rotatable bonds is 2. The van der Waals surface area contributed by atoms with Gasteiger partial charge in [-0.05, 0) is 28.9 Å². The van der Waals surface area contributed by atoms with Gasteiger partial charge in [-0.15, -0.1) is 0 Å². The van der Waals surface area contributed by atoms with E-state index in [1.54, 1.807) is 6.92 Å². The van der Waals surface area contributed by atoms with Crippen molar-refractivity contribution in [1.29, 1.82) is 0 Å². The minimum atomic E-state index is -0.629. The van der Waals surface area contributed by atoms with Gasteiger partial charge in [-0.25, -0.2) is 9.37 Å². The van der Waals surface area contributed by atoms with Crippen molar-refractivity contribution >= 4 is 56.2 Å². The van der Waals surface area contributed by atoms with E-state index in [1.165, 1.54) is 12.1 Å². The third-order valence-electron chi connectivity index (χ3n) is 3.96. The molecule has 1 aromatic carbocycles. The van der Waals surface area contributed by atoms with E-state index in [1.807, 2.05) is 0 Å². The Morgan fingerprint density at radius 2 is 2.04 bits per heavy atom. The number of halogens is 3. The van der Waals surface area contributed by atoms with Crippen LogP contribution < -0.4 is 22.4 Å². The average molecular weight is 426 g/mol. The number of nitrogens with two attached hydrogens (primary N) is 3. The Hall–Kier alpha value is -2.45. The Bertz CT molecular complexity index is 1110. The molecule has 0 spiro atoms. The van der Waals surface area contributed by atoms with Crippen molar-refractivity contribution in [2.75, 3.05) is 11.5 Å². The molecule has 0 radical (unpaired) electrons. The first-order valence-electron chi connectivity index (χ1n) is 7.08. The molecule has 25 heavy (non-hydrogen) atoms. The minimum Gasteiger partial charge on any atom is -0.396 e. The predicted molar refractivity (Wildman–Crippen MR) is 101 cm³/mol. The Kier molecular flexibility index (Phi) is 4.26. The Labute approximate surface area is 154 Å². The van der Waals surface area contributed by atoms with E-state index in [4.69, 9.17) is 28.5 Å². The topological polar surface area (TPSA) is 123 Å². The molecule has 0 aliphatic heterocycles. The molecule has 7 N–H and O–H groups in total. The van der Waals surface area contributed by atoms with Gasteiger partial charge in [0.25, 0.3) is 5.56 Å². The zero-order chi connectivity index (χ0) is 18.5. The molecule has 128 valence electrons. The van der Waals surface area contributed by atoms with Crippen LogP contribution in [-0.4, -0.2) is 16.2 Å². The number of aromatic nitrogens is 2. The molecule has 0 bridgehead atoms. The summed E-state index contributed by atoms with van der Waals surface area (Å²) in [5.74, 6) is -0.629. The number of pyridine rings is 2. The maximum absolute atomic E-state index is 13.8. The van der Waals surface area contributed by atoms with E-state index in [2.05, 4.69) is 25.9 Å². The fourth-order valence-electron chi connectivity index (χ4n) is 2.62. The van der Waals surface area contributed by atoms with Gasteiger partial charge in [0, 0.05) is 16.7 Å².